The smallest absolute Gasteiger partial charge is 0.234 e. The van der Waals surface area contributed by atoms with Gasteiger partial charge in [0, 0.05) is 12.6 Å². The SMILES string of the molecule is Cc1ccccc1OCCN(C)CC(=O)NC1CCCC1. The fraction of sp³-hybridized carbons (Fsp3) is 0.588. The van der Waals surface area contributed by atoms with Gasteiger partial charge in [-0.2, -0.15) is 0 Å². The predicted molar refractivity (Wildman–Crippen MR) is 84.6 cm³/mol. The van der Waals surface area contributed by atoms with Gasteiger partial charge in [0.25, 0.3) is 0 Å². The Hall–Kier alpha value is -1.55. The molecular formula is C17H26N2O2. The average Bonchev–Trinajstić information content (AvgIpc) is 2.93. The summed E-state index contributed by atoms with van der Waals surface area (Å²) >= 11 is 0. The van der Waals surface area contributed by atoms with E-state index in [-0.39, 0.29) is 5.91 Å². The standard InChI is InChI=1S/C17H26N2O2/c1-14-7-3-6-10-16(14)21-12-11-19(2)13-17(20)18-15-8-4-5-9-15/h3,6-7,10,15H,4-5,8-9,11-13H2,1-2H3,(H,18,20). The van der Waals surface area contributed by atoms with Gasteiger partial charge in [-0.1, -0.05) is 31.0 Å². The van der Waals surface area contributed by atoms with Gasteiger partial charge in [0.1, 0.15) is 12.4 Å². The van der Waals surface area contributed by atoms with E-state index in [2.05, 4.69) is 5.32 Å². The fourth-order valence-electron chi connectivity index (χ4n) is 2.70. The van der Waals surface area contributed by atoms with E-state index in [4.69, 9.17) is 4.74 Å². The Morgan fingerprint density at radius 2 is 2.05 bits per heavy atom. The molecule has 1 aliphatic rings. The minimum Gasteiger partial charge on any atom is -0.492 e. The molecule has 1 aromatic carbocycles. The summed E-state index contributed by atoms with van der Waals surface area (Å²) < 4.78 is 5.75. The van der Waals surface area contributed by atoms with Crippen molar-refractivity contribution in [2.75, 3.05) is 26.7 Å². The van der Waals surface area contributed by atoms with E-state index in [1.807, 2.05) is 43.1 Å². The molecule has 0 radical (unpaired) electrons. The molecule has 21 heavy (non-hydrogen) atoms. The molecule has 0 aromatic heterocycles. The molecule has 0 spiro atoms. The van der Waals surface area contributed by atoms with Crippen molar-refractivity contribution in [2.45, 2.75) is 38.6 Å². The topological polar surface area (TPSA) is 41.6 Å². The van der Waals surface area contributed by atoms with Crippen LogP contribution < -0.4 is 10.1 Å². The highest BCUT2D eigenvalue weighted by Crippen LogP contribution is 2.17. The first-order valence-electron chi connectivity index (χ1n) is 7.81. The zero-order valence-electron chi connectivity index (χ0n) is 13.1. The number of aryl methyl sites for hydroxylation is 1. The van der Waals surface area contributed by atoms with E-state index in [0.29, 0.717) is 19.2 Å². The molecule has 4 nitrogen and oxygen atoms in total. The van der Waals surface area contributed by atoms with E-state index in [1.54, 1.807) is 0 Å². The number of carbonyl (C=O) groups excluding carboxylic acids is 1. The second kappa shape index (κ2) is 8.03. The van der Waals surface area contributed by atoms with Crippen molar-refractivity contribution in [1.82, 2.24) is 10.2 Å². The van der Waals surface area contributed by atoms with Crippen LogP contribution >= 0.6 is 0 Å². The highest BCUT2D eigenvalue weighted by atomic mass is 16.5. The molecule has 1 N–H and O–H groups in total. The van der Waals surface area contributed by atoms with Crippen LogP contribution in [0.5, 0.6) is 5.75 Å². The van der Waals surface area contributed by atoms with Crippen LogP contribution in [0.25, 0.3) is 0 Å². The number of amides is 1. The second-order valence-corrected chi connectivity index (χ2v) is 5.90. The Kier molecular flexibility index (Phi) is 6.05. The largest absolute Gasteiger partial charge is 0.492 e. The van der Waals surface area contributed by atoms with Crippen LogP contribution in [0.4, 0.5) is 0 Å². The Balaban J connectivity index is 1.64. The quantitative estimate of drug-likeness (QED) is 0.838. The average molecular weight is 290 g/mol. The maximum atomic E-state index is 11.9. The minimum absolute atomic E-state index is 0.125. The number of rotatable bonds is 7. The summed E-state index contributed by atoms with van der Waals surface area (Å²) in [6, 6.07) is 8.38. The maximum absolute atomic E-state index is 11.9. The van der Waals surface area contributed by atoms with Crippen molar-refractivity contribution in [3.05, 3.63) is 29.8 Å². The van der Waals surface area contributed by atoms with Crippen LogP contribution in [0, 0.1) is 6.92 Å². The van der Waals surface area contributed by atoms with Crippen LogP contribution in [0.1, 0.15) is 31.2 Å². The lowest BCUT2D eigenvalue weighted by molar-refractivity contribution is -0.122. The predicted octanol–water partition coefficient (Wildman–Crippen LogP) is 2.36. The first-order chi connectivity index (χ1) is 10.1. The van der Waals surface area contributed by atoms with Gasteiger partial charge in [-0.15, -0.1) is 0 Å². The van der Waals surface area contributed by atoms with Crippen molar-refractivity contribution in [3.8, 4) is 5.75 Å². The number of nitrogens with one attached hydrogen (secondary N) is 1. The summed E-state index contributed by atoms with van der Waals surface area (Å²) in [7, 11) is 1.95. The molecule has 0 heterocycles. The highest BCUT2D eigenvalue weighted by molar-refractivity contribution is 5.78. The number of hydrogen-bond donors (Lipinski definition) is 1. The third-order valence-corrected chi connectivity index (χ3v) is 3.96. The number of benzene rings is 1. The molecular weight excluding hydrogens is 264 g/mol. The lowest BCUT2D eigenvalue weighted by Gasteiger charge is -2.19. The number of para-hydroxylation sites is 1. The zero-order valence-corrected chi connectivity index (χ0v) is 13.1. The van der Waals surface area contributed by atoms with Crippen LogP contribution in [0.3, 0.4) is 0 Å². The van der Waals surface area contributed by atoms with Crippen molar-refractivity contribution in [1.29, 1.82) is 0 Å². The summed E-state index contributed by atoms with van der Waals surface area (Å²) in [4.78, 5) is 13.9. The maximum Gasteiger partial charge on any atom is 0.234 e. The number of carbonyl (C=O) groups is 1. The number of likely N-dealkylation sites (N-methyl/N-ethyl adjacent to an activating group) is 1. The summed E-state index contributed by atoms with van der Waals surface area (Å²) in [5.74, 6) is 1.04. The Morgan fingerprint density at radius 1 is 1.33 bits per heavy atom. The molecule has 0 aliphatic heterocycles. The Morgan fingerprint density at radius 3 is 2.76 bits per heavy atom. The van der Waals surface area contributed by atoms with Crippen molar-refractivity contribution in [3.63, 3.8) is 0 Å². The molecule has 1 fully saturated rings. The lowest BCUT2D eigenvalue weighted by atomic mass is 10.2. The third kappa shape index (κ3) is 5.38. The van der Waals surface area contributed by atoms with Gasteiger partial charge in [0.15, 0.2) is 0 Å². The molecule has 1 amide bonds. The molecule has 1 aromatic rings. The molecule has 4 heteroatoms. The highest BCUT2D eigenvalue weighted by Gasteiger charge is 2.17. The molecule has 0 bridgehead atoms. The van der Waals surface area contributed by atoms with Gasteiger partial charge >= 0.3 is 0 Å². The van der Waals surface area contributed by atoms with Crippen molar-refractivity contribution in [2.24, 2.45) is 0 Å². The molecule has 2 rings (SSSR count). The van der Waals surface area contributed by atoms with Gasteiger partial charge < -0.3 is 10.1 Å². The molecule has 0 saturated heterocycles. The molecule has 116 valence electrons. The van der Waals surface area contributed by atoms with E-state index < -0.39 is 0 Å². The number of hydrogen-bond acceptors (Lipinski definition) is 3. The molecule has 0 atom stereocenters. The molecule has 1 aliphatic carbocycles. The Bertz CT molecular complexity index is 456. The second-order valence-electron chi connectivity index (χ2n) is 5.90. The van der Waals surface area contributed by atoms with Crippen molar-refractivity contribution < 1.29 is 9.53 Å². The van der Waals surface area contributed by atoms with Crippen LogP contribution in [0.2, 0.25) is 0 Å². The normalized spacial score (nSPS) is 15.4. The lowest BCUT2D eigenvalue weighted by Crippen LogP contribution is -2.40. The van der Waals surface area contributed by atoms with Gasteiger partial charge in [0.05, 0.1) is 6.54 Å². The summed E-state index contributed by atoms with van der Waals surface area (Å²) in [5, 5.41) is 3.11. The van der Waals surface area contributed by atoms with Gasteiger partial charge in [-0.05, 0) is 38.4 Å². The Labute approximate surface area is 127 Å². The van der Waals surface area contributed by atoms with Crippen LogP contribution in [0.15, 0.2) is 24.3 Å². The molecule has 1 saturated carbocycles. The van der Waals surface area contributed by atoms with E-state index in [9.17, 15) is 4.79 Å². The van der Waals surface area contributed by atoms with Gasteiger partial charge in [0.2, 0.25) is 5.91 Å². The van der Waals surface area contributed by atoms with Crippen molar-refractivity contribution >= 4 is 5.91 Å². The molecule has 0 unspecified atom stereocenters. The van der Waals surface area contributed by atoms with Gasteiger partial charge in [-0.3, -0.25) is 9.69 Å². The zero-order chi connectivity index (χ0) is 15.1. The van der Waals surface area contributed by atoms with Crippen LogP contribution in [-0.4, -0.2) is 43.6 Å². The van der Waals surface area contributed by atoms with E-state index in [1.165, 1.54) is 12.8 Å². The first-order valence-corrected chi connectivity index (χ1v) is 7.81. The van der Waals surface area contributed by atoms with Gasteiger partial charge in [-0.25, -0.2) is 0 Å². The van der Waals surface area contributed by atoms with E-state index in [0.717, 1.165) is 30.7 Å². The summed E-state index contributed by atoms with van der Waals surface area (Å²) in [6.07, 6.45) is 4.74. The number of nitrogens with zero attached hydrogens (tertiary/aromatic N) is 1. The summed E-state index contributed by atoms with van der Waals surface area (Å²) in [6.45, 7) is 3.81. The van der Waals surface area contributed by atoms with E-state index >= 15 is 0 Å². The fourth-order valence-corrected chi connectivity index (χ4v) is 2.70. The number of ether oxygens (including phenoxy) is 1. The van der Waals surface area contributed by atoms with Crippen LogP contribution in [-0.2, 0) is 4.79 Å². The first kappa shape index (κ1) is 15.8. The summed E-state index contributed by atoms with van der Waals surface area (Å²) in [5.41, 5.74) is 1.14. The monoisotopic (exact) mass is 290 g/mol. The third-order valence-electron chi connectivity index (χ3n) is 3.96. The minimum atomic E-state index is 0.125.